The van der Waals surface area contributed by atoms with Gasteiger partial charge in [-0.15, -0.1) is 0 Å². The Hall–Kier alpha value is -2.41. The number of nitrogen functional groups attached to an aromatic ring is 1. The molecule has 0 bridgehead atoms. The van der Waals surface area contributed by atoms with Crippen LogP contribution in [0.15, 0.2) is 29.1 Å². The fourth-order valence-electron chi connectivity index (χ4n) is 2.72. The van der Waals surface area contributed by atoms with Gasteiger partial charge in [0, 0.05) is 19.3 Å². The molecule has 0 spiro atoms. The van der Waals surface area contributed by atoms with Crippen LogP contribution in [0.3, 0.4) is 0 Å². The largest absolute Gasteiger partial charge is 0.448 e. The number of carbonyl (C=O) groups excluding carboxylic acids is 1. The number of nitrogens with two attached hydrogens (primary N) is 1. The van der Waals surface area contributed by atoms with Crippen molar-refractivity contribution >= 4 is 11.7 Å². The van der Waals surface area contributed by atoms with Crippen LogP contribution in [0.25, 0.3) is 0 Å². The monoisotopic (exact) mass is 316 g/mol. The first-order chi connectivity index (χ1) is 11.1. The van der Waals surface area contributed by atoms with Crippen LogP contribution in [0.2, 0.25) is 0 Å². The summed E-state index contributed by atoms with van der Waals surface area (Å²) in [6.07, 6.45) is 4.67. The summed E-state index contributed by atoms with van der Waals surface area (Å²) in [5, 5.41) is 0. The van der Waals surface area contributed by atoms with Gasteiger partial charge in [-0.05, 0) is 37.5 Å². The van der Waals surface area contributed by atoms with Crippen LogP contribution in [-0.4, -0.2) is 46.6 Å². The van der Waals surface area contributed by atoms with Gasteiger partial charge in [0.1, 0.15) is 11.6 Å². The molecule has 1 aliphatic rings. The second kappa shape index (κ2) is 6.78. The van der Waals surface area contributed by atoms with Gasteiger partial charge in [0.2, 0.25) is 0 Å². The molecule has 2 aromatic rings. The zero-order valence-corrected chi connectivity index (χ0v) is 13.1. The third kappa shape index (κ3) is 3.68. The van der Waals surface area contributed by atoms with Gasteiger partial charge in [-0.2, -0.15) is 0 Å². The second-order valence-electron chi connectivity index (χ2n) is 5.63. The third-order valence-electron chi connectivity index (χ3n) is 3.97. The summed E-state index contributed by atoms with van der Waals surface area (Å²) in [6.45, 7) is 3.41. The summed E-state index contributed by atoms with van der Waals surface area (Å²) in [4.78, 5) is 22.2. The first-order valence-corrected chi connectivity index (χ1v) is 7.65. The number of nitrogens with zero attached hydrogens (tertiary/aromatic N) is 3. The maximum absolute atomic E-state index is 12.5. The van der Waals surface area contributed by atoms with Crippen LogP contribution in [0.1, 0.15) is 28.2 Å². The van der Waals surface area contributed by atoms with Crippen LogP contribution < -0.4 is 5.73 Å². The summed E-state index contributed by atoms with van der Waals surface area (Å²) < 4.78 is 10.9. The van der Waals surface area contributed by atoms with E-state index in [1.165, 1.54) is 6.39 Å². The van der Waals surface area contributed by atoms with Gasteiger partial charge in [-0.1, -0.05) is 0 Å². The van der Waals surface area contributed by atoms with Gasteiger partial charge >= 0.3 is 0 Å². The maximum atomic E-state index is 12.5. The highest BCUT2D eigenvalue weighted by Crippen LogP contribution is 2.16. The lowest BCUT2D eigenvalue weighted by Crippen LogP contribution is -2.46. The Labute approximate surface area is 134 Å². The molecule has 122 valence electrons. The predicted octanol–water partition coefficient (Wildman–Crippen LogP) is 1.43. The number of pyridine rings is 1. The van der Waals surface area contributed by atoms with Crippen LogP contribution in [0.5, 0.6) is 0 Å². The normalized spacial score (nSPS) is 18.1. The van der Waals surface area contributed by atoms with Gasteiger partial charge in [0.15, 0.2) is 12.1 Å². The van der Waals surface area contributed by atoms with Crippen molar-refractivity contribution in [1.82, 2.24) is 14.9 Å². The van der Waals surface area contributed by atoms with Crippen molar-refractivity contribution in [3.8, 4) is 0 Å². The number of oxazole rings is 1. The summed E-state index contributed by atoms with van der Waals surface area (Å²) in [5.74, 6) is 0.966. The molecular formula is C16H20N4O3. The second-order valence-corrected chi connectivity index (χ2v) is 5.63. The van der Waals surface area contributed by atoms with Crippen molar-refractivity contribution in [3.05, 3.63) is 41.7 Å². The smallest absolute Gasteiger partial charge is 0.276 e. The number of aromatic nitrogens is 2. The van der Waals surface area contributed by atoms with Crippen LogP contribution in [-0.2, 0) is 11.2 Å². The average Bonchev–Trinajstić information content (AvgIpc) is 2.99. The molecule has 0 aromatic carbocycles. The van der Waals surface area contributed by atoms with E-state index in [1.807, 2.05) is 12.1 Å². The molecule has 0 saturated carbocycles. The molecule has 23 heavy (non-hydrogen) atoms. The van der Waals surface area contributed by atoms with Crippen molar-refractivity contribution in [2.75, 3.05) is 25.4 Å². The van der Waals surface area contributed by atoms with E-state index in [9.17, 15) is 4.79 Å². The van der Waals surface area contributed by atoms with Gasteiger partial charge in [-0.25, -0.2) is 9.97 Å². The van der Waals surface area contributed by atoms with Crippen molar-refractivity contribution in [2.45, 2.75) is 25.9 Å². The lowest BCUT2D eigenvalue weighted by atomic mass is 10.1. The first-order valence-electron chi connectivity index (χ1n) is 7.65. The number of aryl methyl sites for hydroxylation is 2. The molecule has 2 N–H and O–H groups in total. The minimum Gasteiger partial charge on any atom is -0.448 e. The zero-order chi connectivity index (χ0) is 16.2. The number of rotatable bonds is 4. The molecule has 7 nitrogen and oxygen atoms in total. The van der Waals surface area contributed by atoms with Crippen molar-refractivity contribution in [2.24, 2.45) is 0 Å². The quantitative estimate of drug-likeness (QED) is 0.917. The number of hydrogen-bond donors (Lipinski definition) is 1. The Morgan fingerprint density at radius 3 is 3.09 bits per heavy atom. The van der Waals surface area contributed by atoms with E-state index >= 15 is 0 Å². The third-order valence-corrected chi connectivity index (χ3v) is 3.97. The highest BCUT2D eigenvalue weighted by Gasteiger charge is 2.27. The van der Waals surface area contributed by atoms with Crippen molar-refractivity contribution in [3.63, 3.8) is 0 Å². The van der Waals surface area contributed by atoms with Gasteiger partial charge in [-0.3, -0.25) is 4.79 Å². The molecule has 2 aromatic heterocycles. The summed E-state index contributed by atoms with van der Waals surface area (Å²) in [6, 6.07) is 3.81. The Kier molecular flexibility index (Phi) is 4.57. The molecule has 3 heterocycles. The number of amides is 1. The molecular weight excluding hydrogens is 296 g/mol. The van der Waals surface area contributed by atoms with Crippen LogP contribution in [0.4, 0.5) is 5.82 Å². The Morgan fingerprint density at radius 2 is 2.35 bits per heavy atom. The van der Waals surface area contributed by atoms with E-state index in [0.29, 0.717) is 37.0 Å². The SMILES string of the molecule is Cc1ocnc1C(=O)N1CCO[C@@H](CCc2ccnc(N)c2)C1. The molecule has 0 unspecified atom stereocenters. The number of morpholine rings is 1. The van der Waals surface area contributed by atoms with Gasteiger partial charge in [0.25, 0.3) is 5.91 Å². The molecule has 0 aliphatic carbocycles. The maximum Gasteiger partial charge on any atom is 0.276 e. The topological polar surface area (TPSA) is 94.5 Å². The molecule has 1 aliphatic heterocycles. The summed E-state index contributed by atoms with van der Waals surface area (Å²) in [7, 11) is 0. The van der Waals surface area contributed by atoms with E-state index in [1.54, 1.807) is 18.0 Å². The fourth-order valence-corrected chi connectivity index (χ4v) is 2.72. The van der Waals surface area contributed by atoms with E-state index in [-0.39, 0.29) is 12.0 Å². The van der Waals surface area contributed by atoms with Gasteiger partial charge in [0.05, 0.1) is 12.7 Å². The number of hydrogen-bond acceptors (Lipinski definition) is 6. The number of ether oxygens (including phenoxy) is 1. The lowest BCUT2D eigenvalue weighted by Gasteiger charge is -2.32. The number of carbonyl (C=O) groups is 1. The van der Waals surface area contributed by atoms with Crippen molar-refractivity contribution in [1.29, 1.82) is 0 Å². The Bertz CT molecular complexity index is 685. The van der Waals surface area contributed by atoms with E-state index in [0.717, 1.165) is 18.4 Å². The van der Waals surface area contributed by atoms with Gasteiger partial charge < -0.3 is 19.8 Å². The predicted molar refractivity (Wildman–Crippen MR) is 83.9 cm³/mol. The zero-order valence-electron chi connectivity index (χ0n) is 13.1. The first kappa shape index (κ1) is 15.5. The average molecular weight is 316 g/mol. The summed E-state index contributed by atoms with van der Waals surface area (Å²) >= 11 is 0. The Morgan fingerprint density at radius 1 is 1.48 bits per heavy atom. The molecule has 1 fully saturated rings. The molecule has 0 radical (unpaired) electrons. The molecule has 7 heteroatoms. The van der Waals surface area contributed by atoms with E-state index in [2.05, 4.69) is 9.97 Å². The van der Waals surface area contributed by atoms with E-state index in [4.69, 9.17) is 14.9 Å². The molecule has 1 amide bonds. The standard InChI is InChI=1S/C16H20N4O3/c1-11-15(19-10-23-11)16(21)20-6-7-22-13(9-20)3-2-12-4-5-18-14(17)8-12/h4-5,8,10,13H,2-3,6-7,9H2,1H3,(H2,17,18)/t13-/m0/s1. The van der Waals surface area contributed by atoms with Crippen LogP contribution >= 0.6 is 0 Å². The summed E-state index contributed by atoms with van der Waals surface area (Å²) in [5.41, 5.74) is 7.19. The molecule has 3 rings (SSSR count). The number of anilines is 1. The van der Waals surface area contributed by atoms with E-state index < -0.39 is 0 Å². The van der Waals surface area contributed by atoms with Crippen molar-refractivity contribution < 1.29 is 13.9 Å². The fraction of sp³-hybridized carbons (Fsp3) is 0.438. The molecule has 1 saturated heterocycles. The van der Waals surface area contributed by atoms with Crippen LogP contribution in [0, 0.1) is 6.92 Å². The molecule has 1 atom stereocenters. The lowest BCUT2D eigenvalue weighted by molar-refractivity contribution is -0.0248. The Balaban J connectivity index is 1.58. The highest BCUT2D eigenvalue weighted by atomic mass is 16.5. The minimum absolute atomic E-state index is 0.00861. The minimum atomic E-state index is -0.0993. The highest BCUT2D eigenvalue weighted by molar-refractivity contribution is 5.93.